The predicted octanol–water partition coefficient (Wildman–Crippen LogP) is 2.11. The third kappa shape index (κ3) is 5.79. The van der Waals surface area contributed by atoms with E-state index in [2.05, 4.69) is 54.7 Å². The number of hydrogen-bond acceptors (Lipinski definition) is 8. The molecule has 0 spiro atoms. The van der Waals surface area contributed by atoms with Crippen molar-refractivity contribution in [3.8, 4) is 0 Å². The Morgan fingerprint density at radius 3 is 2.34 bits per heavy atom. The standard InChI is InChI=1S/C21H30N6O2/c1-17-16-20(22-6-7-26-8-12-28-13-9-26)25-21(23-17)24-18-2-4-19(5-3-18)27-10-14-29-15-11-27/h2-5,16H,6-15H2,1H3,(H2,22,23,24,25). The average molecular weight is 399 g/mol. The lowest BCUT2D eigenvalue weighted by molar-refractivity contribution is 0.0398. The van der Waals surface area contributed by atoms with Crippen molar-refractivity contribution in [3.05, 3.63) is 36.0 Å². The third-order valence-electron chi connectivity index (χ3n) is 5.19. The molecular weight excluding hydrogens is 368 g/mol. The molecule has 0 saturated carbocycles. The molecule has 156 valence electrons. The van der Waals surface area contributed by atoms with E-state index in [0.717, 1.165) is 82.9 Å². The second-order valence-corrected chi connectivity index (χ2v) is 7.37. The molecule has 29 heavy (non-hydrogen) atoms. The van der Waals surface area contributed by atoms with E-state index in [9.17, 15) is 0 Å². The summed E-state index contributed by atoms with van der Waals surface area (Å²) in [5.41, 5.74) is 3.13. The Bertz CT molecular complexity index is 773. The predicted molar refractivity (Wildman–Crippen MR) is 115 cm³/mol. The molecule has 8 nitrogen and oxygen atoms in total. The van der Waals surface area contributed by atoms with Crippen LogP contribution in [0.3, 0.4) is 0 Å². The number of aryl methyl sites for hydroxylation is 1. The van der Waals surface area contributed by atoms with E-state index in [1.54, 1.807) is 0 Å². The number of rotatable bonds is 7. The van der Waals surface area contributed by atoms with Gasteiger partial charge in [-0.25, -0.2) is 4.98 Å². The van der Waals surface area contributed by atoms with E-state index in [1.807, 2.05) is 13.0 Å². The van der Waals surface area contributed by atoms with Crippen LogP contribution in [0, 0.1) is 6.92 Å². The van der Waals surface area contributed by atoms with Crippen molar-refractivity contribution in [2.45, 2.75) is 6.92 Å². The first kappa shape index (κ1) is 19.9. The Morgan fingerprint density at radius 2 is 1.62 bits per heavy atom. The van der Waals surface area contributed by atoms with Gasteiger partial charge in [-0.1, -0.05) is 0 Å². The molecule has 0 amide bonds. The van der Waals surface area contributed by atoms with Crippen LogP contribution in [0.5, 0.6) is 0 Å². The van der Waals surface area contributed by atoms with E-state index in [-0.39, 0.29) is 0 Å². The van der Waals surface area contributed by atoms with Gasteiger partial charge in [0.2, 0.25) is 5.95 Å². The number of ether oxygens (including phenoxy) is 2. The van der Waals surface area contributed by atoms with Gasteiger partial charge in [0.1, 0.15) is 5.82 Å². The smallest absolute Gasteiger partial charge is 0.229 e. The van der Waals surface area contributed by atoms with E-state index in [0.29, 0.717) is 5.95 Å². The zero-order chi connectivity index (χ0) is 19.9. The van der Waals surface area contributed by atoms with Crippen LogP contribution in [-0.4, -0.2) is 80.6 Å². The molecule has 0 atom stereocenters. The fourth-order valence-electron chi connectivity index (χ4n) is 3.59. The largest absolute Gasteiger partial charge is 0.379 e. The fourth-order valence-corrected chi connectivity index (χ4v) is 3.59. The molecule has 2 N–H and O–H groups in total. The van der Waals surface area contributed by atoms with Gasteiger partial charge in [-0.3, -0.25) is 4.90 Å². The highest BCUT2D eigenvalue weighted by atomic mass is 16.5. The lowest BCUT2D eigenvalue weighted by Crippen LogP contribution is -2.39. The molecule has 2 fully saturated rings. The van der Waals surface area contributed by atoms with Gasteiger partial charge in [0.25, 0.3) is 0 Å². The van der Waals surface area contributed by atoms with Crippen molar-refractivity contribution >= 4 is 23.1 Å². The summed E-state index contributed by atoms with van der Waals surface area (Å²) in [5, 5.41) is 6.74. The van der Waals surface area contributed by atoms with Crippen LogP contribution in [0.1, 0.15) is 5.69 Å². The van der Waals surface area contributed by atoms with Crippen molar-refractivity contribution in [2.24, 2.45) is 0 Å². The number of nitrogens with zero attached hydrogens (tertiary/aromatic N) is 4. The summed E-state index contributed by atoms with van der Waals surface area (Å²) < 4.78 is 10.8. The molecule has 2 saturated heterocycles. The Labute approximate surface area is 172 Å². The summed E-state index contributed by atoms with van der Waals surface area (Å²) >= 11 is 0. The molecule has 1 aromatic carbocycles. The van der Waals surface area contributed by atoms with Gasteiger partial charge in [-0.2, -0.15) is 4.98 Å². The molecule has 2 aliphatic heterocycles. The number of anilines is 4. The number of morpholine rings is 2. The summed E-state index contributed by atoms with van der Waals surface area (Å²) in [4.78, 5) is 13.9. The first-order chi connectivity index (χ1) is 14.3. The minimum Gasteiger partial charge on any atom is -0.379 e. The topological polar surface area (TPSA) is 74.8 Å². The monoisotopic (exact) mass is 398 g/mol. The van der Waals surface area contributed by atoms with Crippen LogP contribution in [0.4, 0.5) is 23.1 Å². The van der Waals surface area contributed by atoms with E-state index < -0.39 is 0 Å². The fraction of sp³-hybridized carbons (Fsp3) is 0.524. The van der Waals surface area contributed by atoms with Gasteiger partial charge in [-0.15, -0.1) is 0 Å². The second kappa shape index (κ2) is 9.87. The number of nitrogens with one attached hydrogen (secondary N) is 2. The van der Waals surface area contributed by atoms with Crippen LogP contribution in [0.15, 0.2) is 30.3 Å². The third-order valence-corrected chi connectivity index (χ3v) is 5.19. The molecule has 3 heterocycles. The first-order valence-electron chi connectivity index (χ1n) is 10.4. The molecule has 0 radical (unpaired) electrons. The number of hydrogen-bond donors (Lipinski definition) is 2. The molecule has 0 unspecified atom stereocenters. The van der Waals surface area contributed by atoms with Crippen molar-refractivity contribution in [2.75, 3.05) is 81.2 Å². The number of benzene rings is 1. The van der Waals surface area contributed by atoms with Crippen molar-refractivity contribution in [1.29, 1.82) is 0 Å². The van der Waals surface area contributed by atoms with Gasteiger partial charge < -0.3 is 25.0 Å². The maximum Gasteiger partial charge on any atom is 0.229 e. The highest BCUT2D eigenvalue weighted by molar-refractivity contribution is 5.60. The van der Waals surface area contributed by atoms with Crippen LogP contribution < -0.4 is 15.5 Å². The second-order valence-electron chi connectivity index (χ2n) is 7.37. The summed E-state index contributed by atoms with van der Waals surface area (Å²) in [6.07, 6.45) is 0. The lowest BCUT2D eigenvalue weighted by Gasteiger charge is -2.28. The Hall–Kier alpha value is -2.42. The van der Waals surface area contributed by atoms with Gasteiger partial charge in [-0.05, 0) is 31.2 Å². The van der Waals surface area contributed by atoms with Crippen LogP contribution >= 0.6 is 0 Å². The van der Waals surface area contributed by atoms with Crippen LogP contribution in [-0.2, 0) is 9.47 Å². The maximum absolute atomic E-state index is 5.42. The maximum atomic E-state index is 5.42. The molecule has 4 rings (SSSR count). The zero-order valence-corrected chi connectivity index (χ0v) is 17.1. The van der Waals surface area contributed by atoms with Crippen molar-refractivity contribution < 1.29 is 9.47 Å². The summed E-state index contributed by atoms with van der Waals surface area (Å²) in [7, 11) is 0. The normalized spacial score (nSPS) is 17.9. The quantitative estimate of drug-likeness (QED) is 0.735. The summed E-state index contributed by atoms with van der Waals surface area (Å²) in [5.74, 6) is 1.45. The molecule has 1 aromatic heterocycles. The van der Waals surface area contributed by atoms with E-state index >= 15 is 0 Å². The molecule has 0 aliphatic carbocycles. The van der Waals surface area contributed by atoms with Gasteiger partial charge in [0.05, 0.1) is 26.4 Å². The summed E-state index contributed by atoms with van der Waals surface area (Å²) in [6.45, 7) is 10.9. The Balaban J connectivity index is 1.33. The number of aromatic nitrogens is 2. The van der Waals surface area contributed by atoms with Gasteiger partial charge in [0, 0.05) is 62.4 Å². The minimum absolute atomic E-state index is 0.609. The molecule has 2 aromatic rings. The van der Waals surface area contributed by atoms with Crippen LogP contribution in [0.25, 0.3) is 0 Å². The molecular formula is C21H30N6O2. The molecule has 2 aliphatic rings. The zero-order valence-electron chi connectivity index (χ0n) is 17.1. The molecule has 8 heteroatoms. The SMILES string of the molecule is Cc1cc(NCCN2CCOCC2)nc(Nc2ccc(N3CCOCC3)cc2)n1. The first-order valence-corrected chi connectivity index (χ1v) is 10.4. The van der Waals surface area contributed by atoms with Gasteiger partial charge in [0.15, 0.2) is 0 Å². The minimum atomic E-state index is 0.609. The summed E-state index contributed by atoms with van der Waals surface area (Å²) in [6, 6.07) is 10.4. The Morgan fingerprint density at radius 1 is 0.931 bits per heavy atom. The lowest BCUT2D eigenvalue weighted by atomic mass is 10.2. The van der Waals surface area contributed by atoms with Crippen molar-refractivity contribution in [1.82, 2.24) is 14.9 Å². The van der Waals surface area contributed by atoms with E-state index in [1.165, 1.54) is 5.69 Å². The van der Waals surface area contributed by atoms with Crippen molar-refractivity contribution in [3.63, 3.8) is 0 Å². The van der Waals surface area contributed by atoms with Crippen LogP contribution in [0.2, 0.25) is 0 Å². The average Bonchev–Trinajstić information content (AvgIpc) is 2.75. The highest BCUT2D eigenvalue weighted by Crippen LogP contribution is 2.21. The van der Waals surface area contributed by atoms with Gasteiger partial charge >= 0.3 is 0 Å². The molecule has 0 bridgehead atoms. The highest BCUT2D eigenvalue weighted by Gasteiger charge is 2.12. The van der Waals surface area contributed by atoms with E-state index in [4.69, 9.17) is 9.47 Å². The Kier molecular flexibility index (Phi) is 6.76.